The van der Waals surface area contributed by atoms with E-state index in [2.05, 4.69) is 21.9 Å². The first-order valence-electron chi connectivity index (χ1n) is 10.4. The Morgan fingerprint density at radius 3 is 2.83 bits per heavy atom. The largest absolute Gasteiger partial charge is 0.416 e. The third-order valence-corrected chi connectivity index (χ3v) is 5.63. The van der Waals surface area contributed by atoms with E-state index in [-0.39, 0.29) is 0 Å². The molecule has 0 unspecified atom stereocenters. The van der Waals surface area contributed by atoms with E-state index in [1.54, 1.807) is 12.3 Å². The summed E-state index contributed by atoms with van der Waals surface area (Å²) < 4.78 is 40.6. The van der Waals surface area contributed by atoms with Gasteiger partial charge in [-0.05, 0) is 69.4 Å². The van der Waals surface area contributed by atoms with Crippen LogP contribution in [0.5, 0.6) is 0 Å². The number of halogens is 3. The van der Waals surface area contributed by atoms with Crippen molar-refractivity contribution in [3.05, 3.63) is 53.9 Å². The van der Waals surface area contributed by atoms with E-state index in [1.807, 2.05) is 16.9 Å². The third-order valence-electron chi connectivity index (χ3n) is 5.63. The summed E-state index contributed by atoms with van der Waals surface area (Å²) in [5.74, 6) is 0.625. The number of nitrogens with zero attached hydrogens (tertiary/aromatic N) is 4. The fourth-order valence-corrected chi connectivity index (χ4v) is 4.16. The lowest BCUT2D eigenvalue weighted by molar-refractivity contribution is -0.137. The number of hydrogen-bond donors (Lipinski definition) is 0. The van der Waals surface area contributed by atoms with Crippen molar-refractivity contribution in [1.29, 1.82) is 0 Å². The monoisotopic (exact) mass is 408 g/mol. The van der Waals surface area contributed by atoms with Crippen LogP contribution in [0.1, 0.15) is 30.4 Å². The van der Waals surface area contributed by atoms with E-state index in [1.165, 1.54) is 18.6 Å². The molecule has 1 aliphatic rings. The Morgan fingerprint density at radius 2 is 2.07 bits per heavy atom. The van der Waals surface area contributed by atoms with Crippen molar-refractivity contribution in [1.82, 2.24) is 19.6 Å². The second-order valence-electron chi connectivity index (χ2n) is 8.14. The third kappa shape index (κ3) is 7.16. The van der Waals surface area contributed by atoms with Gasteiger partial charge in [-0.25, -0.2) is 0 Å². The molecule has 0 amide bonds. The molecule has 1 aromatic heterocycles. The molecule has 0 bridgehead atoms. The Hall–Kier alpha value is -1.86. The number of aromatic nitrogens is 2. The highest BCUT2D eigenvalue weighted by atomic mass is 19.4. The number of aryl methyl sites for hydroxylation is 1. The van der Waals surface area contributed by atoms with E-state index >= 15 is 0 Å². The molecule has 4 nitrogen and oxygen atoms in total. The summed E-state index contributed by atoms with van der Waals surface area (Å²) >= 11 is 0. The minimum Gasteiger partial charge on any atom is -0.306 e. The van der Waals surface area contributed by atoms with Crippen molar-refractivity contribution in [3.8, 4) is 0 Å². The lowest BCUT2D eigenvalue weighted by atomic mass is 9.97. The normalized spacial score (nSPS) is 18.4. The van der Waals surface area contributed by atoms with Crippen LogP contribution in [-0.2, 0) is 19.1 Å². The molecule has 0 radical (unpaired) electrons. The summed E-state index contributed by atoms with van der Waals surface area (Å²) in [7, 11) is 2.17. The standard InChI is InChI=1S/C22H31F3N4/c1-27(11-5-14-29-13-4-10-26-29)17-20-7-3-12-28(18-20)15-9-19-6-2-8-21(16-19)22(23,24)25/h2,4,6,8,10,13,16,20H,3,5,7,9,11-12,14-15,17-18H2,1H3/t20-/m0/s1. The van der Waals surface area contributed by atoms with Crippen molar-refractivity contribution in [2.75, 3.05) is 39.8 Å². The summed E-state index contributed by atoms with van der Waals surface area (Å²) in [5, 5.41) is 4.23. The molecule has 3 rings (SSSR count). The van der Waals surface area contributed by atoms with Gasteiger partial charge in [-0.3, -0.25) is 4.68 Å². The number of alkyl halides is 3. The summed E-state index contributed by atoms with van der Waals surface area (Å²) in [4.78, 5) is 4.80. The summed E-state index contributed by atoms with van der Waals surface area (Å²) in [6.45, 7) is 5.94. The molecule has 2 aromatic rings. The fourth-order valence-electron chi connectivity index (χ4n) is 4.16. The van der Waals surface area contributed by atoms with Crippen LogP contribution in [0.4, 0.5) is 13.2 Å². The van der Waals surface area contributed by atoms with Gasteiger partial charge in [-0.15, -0.1) is 0 Å². The Balaban J connectivity index is 1.40. The van der Waals surface area contributed by atoms with Crippen LogP contribution in [0, 0.1) is 5.92 Å². The molecule has 1 atom stereocenters. The van der Waals surface area contributed by atoms with Gasteiger partial charge < -0.3 is 9.80 Å². The molecule has 160 valence electrons. The molecule has 0 N–H and O–H groups in total. The zero-order valence-electron chi connectivity index (χ0n) is 17.1. The molecule has 29 heavy (non-hydrogen) atoms. The van der Waals surface area contributed by atoms with Gasteiger partial charge in [0.25, 0.3) is 0 Å². The number of likely N-dealkylation sites (tertiary alicyclic amines) is 1. The van der Waals surface area contributed by atoms with Crippen LogP contribution < -0.4 is 0 Å². The van der Waals surface area contributed by atoms with Crippen LogP contribution in [-0.4, -0.2) is 59.4 Å². The average Bonchev–Trinajstić information content (AvgIpc) is 3.20. The van der Waals surface area contributed by atoms with Gasteiger partial charge in [0.05, 0.1) is 5.56 Å². The van der Waals surface area contributed by atoms with Gasteiger partial charge in [0.1, 0.15) is 0 Å². The SMILES string of the molecule is CN(CCCn1cccn1)C[C@@H]1CCCN(CCc2cccc(C(F)(F)F)c2)C1. The number of hydrogen-bond acceptors (Lipinski definition) is 3. The molecule has 1 fully saturated rings. The minimum atomic E-state index is -4.27. The summed E-state index contributed by atoms with van der Waals surface area (Å²) in [5.41, 5.74) is 0.209. The first kappa shape index (κ1) is 21.8. The molecule has 0 saturated carbocycles. The predicted molar refractivity (Wildman–Crippen MR) is 109 cm³/mol. The van der Waals surface area contributed by atoms with Gasteiger partial charge >= 0.3 is 6.18 Å². The van der Waals surface area contributed by atoms with Crippen molar-refractivity contribution in [2.24, 2.45) is 5.92 Å². The molecular formula is C22H31F3N4. The molecule has 7 heteroatoms. The summed E-state index contributed by atoms with van der Waals surface area (Å²) in [6.07, 6.45) is 3.65. The topological polar surface area (TPSA) is 24.3 Å². The van der Waals surface area contributed by atoms with Gasteiger partial charge in [0, 0.05) is 38.6 Å². The highest BCUT2D eigenvalue weighted by Crippen LogP contribution is 2.29. The first-order valence-corrected chi connectivity index (χ1v) is 10.4. The predicted octanol–water partition coefficient (Wildman–Crippen LogP) is 4.18. The number of rotatable bonds is 9. The van der Waals surface area contributed by atoms with Crippen molar-refractivity contribution in [3.63, 3.8) is 0 Å². The maximum absolute atomic E-state index is 12.9. The second kappa shape index (κ2) is 10.3. The van der Waals surface area contributed by atoms with Crippen molar-refractivity contribution < 1.29 is 13.2 Å². The Morgan fingerprint density at radius 1 is 1.21 bits per heavy atom. The second-order valence-corrected chi connectivity index (χ2v) is 8.14. The Labute approximate surface area is 171 Å². The van der Waals surface area contributed by atoms with Gasteiger partial charge in [0.2, 0.25) is 0 Å². The lowest BCUT2D eigenvalue weighted by Gasteiger charge is -2.34. The number of benzene rings is 1. The molecule has 1 aromatic carbocycles. The maximum atomic E-state index is 12.9. The Kier molecular flexibility index (Phi) is 7.72. The van der Waals surface area contributed by atoms with Gasteiger partial charge in [0.15, 0.2) is 0 Å². The smallest absolute Gasteiger partial charge is 0.306 e. The average molecular weight is 409 g/mol. The fraction of sp³-hybridized carbons (Fsp3) is 0.591. The van der Waals surface area contributed by atoms with Crippen LogP contribution in [0.3, 0.4) is 0 Å². The van der Waals surface area contributed by atoms with Gasteiger partial charge in [-0.1, -0.05) is 18.2 Å². The van der Waals surface area contributed by atoms with Crippen molar-refractivity contribution in [2.45, 2.75) is 38.4 Å². The molecule has 0 spiro atoms. The van der Waals surface area contributed by atoms with Crippen LogP contribution in [0.15, 0.2) is 42.7 Å². The van der Waals surface area contributed by atoms with Crippen LogP contribution in [0.25, 0.3) is 0 Å². The lowest BCUT2D eigenvalue weighted by Crippen LogP contribution is -2.41. The zero-order chi connectivity index (χ0) is 20.7. The van der Waals surface area contributed by atoms with E-state index in [9.17, 15) is 13.2 Å². The molecule has 1 aliphatic heterocycles. The molecule has 2 heterocycles. The van der Waals surface area contributed by atoms with E-state index < -0.39 is 11.7 Å². The summed E-state index contributed by atoms with van der Waals surface area (Å²) in [6, 6.07) is 7.68. The Bertz CT molecular complexity index is 730. The zero-order valence-corrected chi connectivity index (χ0v) is 17.1. The quantitative estimate of drug-likeness (QED) is 0.622. The number of piperidine rings is 1. The van der Waals surface area contributed by atoms with Crippen molar-refractivity contribution >= 4 is 0 Å². The molecule has 1 saturated heterocycles. The van der Waals surface area contributed by atoms with E-state index in [0.717, 1.165) is 63.7 Å². The minimum absolute atomic E-state index is 0.553. The molecular weight excluding hydrogens is 377 g/mol. The first-order chi connectivity index (χ1) is 13.9. The van der Waals surface area contributed by atoms with Gasteiger partial charge in [-0.2, -0.15) is 18.3 Å². The van der Waals surface area contributed by atoms with E-state index in [4.69, 9.17) is 0 Å². The van der Waals surface area contributed by atoms with Crippen LogP contribution >= 0.6 is 0 Å². The maximum Gasteiger partial charge on any atom is 0.416 e. The highest BCUT2D eigenvalue weighted by Gasteiger charge is 2.30. The highest BCUT2D eigenvalue weighted by molar-refractivity contribution is 5.25. The van der Waals surface area contributed by atoms with E-state index in [0.29, 0.717) is 12.3 Å². The van der Waals surface area contributed by atoms with Crippen LogP contribution in [0.2, 0.25) is 0 Å². The molecule has 0 aliphatic carbocycles.